The molecule has 0 bridgehead atoms. The monoisotopic (exact) mass is 960 g/mol. The summed E-state index contributed by atoms with van der Waals surface area (Å²) in [7, 11) is 0. The van der Waals surface area contributed by atoms with Crippen LogP contribution in [-0.4, -0.2) is 6.71 Å². The van der Waals surface area contributed by atoms with Crippen LogP contribution in [0, 0.1) is 0 Å². The molecule has 0 spiro atoms. The van der Waals surface area contributed by atoms with Gasteiger partial charge >= 0.3 is 6.71 Å². The molecule has 0 amide bonds. The largest absolute Gasteiger partial charge is 0.468 e. The van der Waals surface area contributed by atoms with E-state index in [0.717, 1.165) is 149 Å². The van der Waals surface area contributed by atoms with E-state index < -0.39 is 0 Å². The molecule has 7 aromatic carbocycles. The van der Waals surface area contributed by atoms with Crippen molar-refractivity contribution in [1.29, 1.82) is 0 Å². The lowest BCUT2D eigenvalue weighted by molar-refractivity contribution is 0.305. The van der Waals surface area contributed by atoms with Gasteiger partial charge in [-0.05, 0) is 187 Å². The molecule has 0 saturated heterocycles. The standard InChI is InChI=1S/C67H70BN3O2/c1-8-12-21-45-28-32-50(33-29-45)70-57-43-52(69(48-24-17-15-18-25-48)49-26-19-16-20-27-49)44-58-61(57)68(64-62(70)53-40-46(22-13-9-2)30-36-59(53)72-64)65-63(54-41-47(23-14-10-3)31-37-60(54)73-65)71(58)51-34-35-55-56(42-51)66(5,6)38-39-67(55,7)11-4/h15-20,24-37,40-44H,8-14,21-23,38-39H2,1-7H3. The van der Waals surface area contributed by atoms with Crippen LogP contribution in [0.15, 0.2) is 160 Å². The van der Waals surface area contributed by atoms with Gasteiger partial charge in [-0.15, -0.1) is 0 Å². The van der Waals surface area contributed by atoms with Gasteiger partial charge in [0.2, 0.25) is 0 Å². The molecule has 9 aromatic rings. The average molecular weight is 960 g/mol. The number of furan rings is 2. The molecule has 1 aliphatic carbocycles. The van der Waals surface area contributed by atoms with Crippen LogP contribution in [0.2, 0.25) is 0 Å². The van der Waals surface area contributed by atoms with Crippen LogP contribution in [0.4, 0.5) is 51.2 Å². The maximum absolute atomic E-state index is 7.46. The molecule has 12 rings (SSSR count). The Labute approximate surface area is 433 Å². The van der Waals surface area contributed by atoms with Gasteiger partial charge in [-0.2, -0.15) is 0 Å². The fourth-order valence-electron chi connectivity index (χ4n) is 12.6. The Hall–Kier alpha value is -6.92. The van der Waals surface area contributed by atoms with Crippen molar-refractivity contribution in [2.75, 3.05) is 14.7 Å². The normalized spacial score (nSPS) is 16.4. The van der Waals surface area contributed by atoms with E-state index in [1.165, 1.54) is 46.1 Å². The van der Waals surface area contributed by atoms with Crippen LogP contribution in [-0.2, 0) is 30.1 Å². The molecule has 5 nitrogen and oxygen atoms in total. The maximum atomic E-state index is 7.46. The van der Waals surface area contributed by atoms with Crippen molar-refractivity contribution in [2.24, 2.45) is 0 Å². The summed E-state index contributed by atoms with van der Waals surface area (Å²) in [5, 5.41) is 2.28. The second-order valence-corrected chi connectivity index (χ2v) is 22.3. The fourth-order valence-corrected chi connectivity index (χ4v) is 12.6. The third-order valence-electron chi connectivity index (χ3n) is 17.0. The molecule has 73 heavy (non-hydrogen) atoms. The van der Waals surface area contributed by atoms with E-state index in [2.05, 4.69) is 215 Å². The first-order valence-corrected chi connectivity index (χ1v) is 27.7. The molecule has 1 atom stereocenters. The molecule has 0 radical (unpaired) electrons. The van der Waals surface area contributed by atoms with Crippen LogP contribution in [0.5, 0.6) is 0 Å². The number of benzene rings is 7. The van der Waals surface area contributed by atoms with E-state index in [1.807, 2.05) is 0 Å². The molecule has 1 unspecified atom stereocenters. The maximum Gasteiger partial charge on any atom is 0.342 e. The zero-order valence-corrected chi connectivity index (χ0v) is 44.2. The van der Waals surface area contributed by atoms with E-state index in [1.54, 1.807) is 0 Å². The highest BCUT2D eigenvalue weighted by Crippen LogP contribution is 2.54. The van der Waals surface area contributed by atoms with Gasteiger partial charge in [0, 0.05) is 44.9 Å². The molecule has 0 saturated carbocycles. The highest BCUT2D eigenvalue weighted by atomic mass is 16.3. The first-order valence-electron chi connectivity index (χ1n) is 27.7. The molecule has 6 heteroatoms. The molecule has 4 heterocycles. The van der Waals surface area contributed by atoms with Crippen LogP contribution in [0.3, 0.4) is 0 Å². The lowest BCUT2D eigenvalue weighted by Crippen LogP contribution is -2.60. The van der Waals surface area contributed by atoms with Gasteiger partial charge in [-0.1, -0.05) is 134 Å². The van der Waals surface area contributed by atoms with E-state index in [-0.39, 0.29) is 17.5 Å². The smallest absolute Gasteiger partial charge is 0.342 e. The van der Waals surface area contributed by atoms with Crippen molar-refractivity contribution in [3.63, 3.8) is 0 Å². The topological polar surface area (TPSA) is 36.0 Å². The van der Waals surface area contributed by atoms with Gasteiger partial charge in [0.15, 0.2) is 0 Å². The number of fused-ring (bicyclic) bond motifs is 9. The summed E-state index contributed by atoms with van der Waals surface area (Å²) in [6.45, 7) is 16.3. The van der Waals surface area contributed by atoms with E-state index in [9.17, 15) is 0 Å². The number of hydrogen-bond donors (Lipinski definition) is 0. The van der Waals surface area contributed by atoms with Crippen molar-refractivity contribution in [3.8, 4) is 0 Å². The van der Waals surface area contributed by atoms with Crippen LogP contribution < -0.4 is 31.5 Å². The minimum Gasteiger partial charge on any atom is -0.468 e. The van der Waals surface area contributed by atoms with E-state index in [4.69, 9.17) is 8.83 Å². The van der Waals surface area contributed by atoms with Gasteiger partial charge < -0.3 is 23.5 Å². The molecular formula is C67H70BN3O2. The minimum atomic E-state index is -0.322. The fraction of sp³-hybridized carbons (Fsp3) is 0.313. The first kappa shape index (κ1) is 47.1. The van der Waals surface area contributed by atoms with Gasteiger partial charge in [-0.25, -0.2) is 0 Å². The Morgan fingerprint density at radius 2 is 0.986 bits per heavy atom. The predicted molar refractivity (Wildman–Crippen MR) is 310 cm³/mol. The molecule has 3 aliphatic rings. The molecule has 368 valence electrons. The van der Waals surface area contributed by atoms with Gasteiger partial charge in [0.05, 0.1) is 17.1 Å². The Bertz CT molecular complexity index is 3440. The van der Waals surface area contributed by atoms with Crippen molar-refractivity contribution in [1.82, 2.24) is 0 Å². The van der Waals surface area contributed by atoms with E-state index in [0.29, 0.717) is 0 Å². The molecule has 2 aliphatic heterocycles. The summed E-state index contributed by atoms with van der Waals surface area (Å²) in [5.41, 5.74) is 21.9. The third kappa shape index (κ3) is 7.99. The van der Waals surface area contributed by atoms with Crippen molar-refractivity contribution in [2.45, 2.75) is 136 Å². The lowest BCUT2D eigenvalue weighted by Gasteiger charge is -2.45. The molecule has 2 aromatic heterocycles. The van der Waals surface area contributed by atoms with Crippen LogP contribution in [0.1, 0.15) is 134 Å². The quantitative estimate of drug-likeness (QED) is 0.0957. The number of rotatable bonds is 15. The van der Waals surface area contributed by atoms with Gasteiger partial charge in [-0.3, -0.25) is 0 Å². The number of unbranched alkanes of at least 4 members (excludes halogenated alkanes) is 3. The van der Waals surface area contributed by atoms with E-state index >= 15 is 0 Å². The summed E-state index contributed by atoms with van der Waals surface area (Å²) in [6, 6.07) is 57.4. The molecule has 0 N–H and O–H groups in total. The molecular weight excluding hydrogens is 890 g/mol. The lowest BCUT2D eigenvalue weighted by atomic mass is 9.37. The summed E-state index contributed by atoms with van der Waals surface area (Å²) in [5.74, 6) is 0. The predicted octanol–water partition coefficient (Wildman–Crippen LogP) is 17.5. The Balaban J connectivity index is 1.22. The van der Waals surface area contributed by atoms with Gasteiger partial charge in [0.1, 0.15) is 22.5 Å². The second-order valence-electron chi connectivity index (χ2n) is 22.3. The Morgan fingerprint density at radius 3 is 1.51 bits per heavy atom. The SMILES string of the molecule is CCCCc1ccc(N2c3cc(N(c4ccccc4)c4ccccc4)cc4c3B(c3oc5ccc(CCCC)cc5c32)c2oc3ccc(CCCC)cc3c2N4c2ccc3c(c2)C(C)(C)CCC3(C)CC)cc1. The third-order valence-corrected chi connectivity index (χ3v) is 17.0. The highest BCUT2D eigenvalue weighted by molar-refractivity contribution is 6.99. The van der Waals surface area contributed by atoms with Crippen LogP contribution in [0.25, 0.3) is 21.9 Å². The Morgan fingerprint density at radius 1 is 0.493 bits per heavy atom. The van der Waals surface area contributed by atoms with Crippen molar-refractivity contribution < 1.29 is 8.83 Å². The zero-order chi connectivity index (χ0) is 50.0. The minimum absolute atomic E-state index is 0.00487. The number of para-hydroxylation sites is 2. The van der Waals surface area contributed by atoms with Crippen molar-refractivity contribution in [3.05, 3.63) is 179 Å². The summed E-state index contributed by atoms with van der Waals surface area (Å²) >= 11 is 0. The number of anilines is 9. The first-order chi connectivity index (χ1) is 35.6. The second kappa shape index (κ2) is 18.8. The van der Waals surface area contributed by atoms with Gasteiger partial charge in [0.25, 0.3) is 0 Å². The molecule has 0 fully saturated rings. The summed E-state index contributed by atoms with van der Waals surface area (Å²) in [6.07, 6.45) is 13.4. The Kier molecular flexibility index (Phi) is 12.2. The average Bonchev–Trinajstić information content (AvgIpc) is 4.00. The van der Waals surface area contributed by atoms with Crippen molar-refractivity contribution >= 4 is 96.6 Å². The summed E-state index contributed by atoms with van der Waals surface area (Å²) < 4.78 is 14.9. The highest BCUT2D eigenvalue weighted by Gasteiger charge is 2.51. The van der Waals surface area contributed by atoms with Crippen LogP contribution >= 0.6 is 0 Å². The number of hydrogen-bond acceptors (Lipinski definition) is 5. The zero-order valence-electron chi connectivity index (χ0n) is 44.2. The summed E-state index contributed by atoms with van der Waals surface area (Å²) in [4.78, 5) is 7.57. The number of aryl methyl sites for hydroxylation is 3. The number of nitrogens with zero attached hydrogens (tertiary/aromatic N) is 3.